The Morgan fingerprint density at radius 1 is 1.04 bits per heavy atom. The first-order valence-electron chi connectivity index (χ1n) is 7.55. The Morgan fingerprint density at radius 3 is 2.26 bits per heavy atom. The van der Waals surface area contributed by atoms with Gasteiger partial charge in [-0.25, -0.2) is 4.79 Å². The van der Waals surface area contributed by atoms with Crippen LogP contribution in [0.25, 0.3) is 5.69 Å². The zero-order chi connectivity index (χ0) is 19.4. The maximum absolute atomic E-state index is 12.3. The molecule has 0 fully saturated rings. The van der Waals surface area contributed by atoms with E-state index in [0.29, 0.717) is 16.4 Å². The van der Waals surface area contributed by atoms with Gasteiger partial charge in [0, 0.05) is 17.7 Å². The van der Waals surface area contributed by atoms with Crippen LogP contribution in [0.5, 0.6) is 0 Å². The lowest BCUT2D eigenvalue weighted by Gasteiger charge is -2.24. The minimum Gasteiger partial charge on any atom is -0.628 e. The lowest BCUT2D eigenvalue weighted by atomic mass is 10.1. The number of carbonyl (C=O) groups excluding carboxylic acids is 1. The molecule has 1 aromatic heterocycles. The molecule has 0 aliphatic carbocycles. The van der Waals surface area contributed by atoms with Gasteiger partial charge in [0.15, 0.2) is 5.78 Å². The smallest absolute Gasteiger partial charge is 0.335 e. The Morgan fingerprint density at radius 2 is 1.67 bits per heavy atom. The number of nitrogens with one attached hydrogen (secondary N) is 1. The van der Waals surface area contributed by atoms with Crippen molar-refractivity contribution in [1.82, 2.24) is 20.2 Å². The molecule has 138 valence electrons. The van der Waals surface area contributed by atoms with Crippen molar-refractivity contribution in [2.45, 2.75) is 5.16 Å². The summed E-state index contributed by atoms with van der Waals surface area (Å²) in [5, 5.41) is 40.7. The topological polar surface area (TPSA) is 149 Å². The highest BCUT2D eigenvalue weighted by Crippen LogP contribution is 2.20. The fourth-order valence-corrected chi connectivity index (χ4v) is 2.97. The number of nitrogens with zero attached hydrogens (tertiary/aromatic N) is 4. The molecule has 0 atom stereocenters. The minimum atomic E-state index is -1.31. The van der Waals surface area contributed by atoms with Crippen LogP contribution in [0.1, 0.15) is 20.7 Å². The lowest BCUT2D eigenvalue weighted by molar-refractivity contribution is -0.715. The van der Waals surface area contributed by atoms with Crippen LogP contribution in [-0.2, 0) is 0 Å². The van der Waals surface area contributed by atoms with Crippen LogP contribution in [0, 0.1) is 10.4 Å². The molecule has 11 heteroatoms. The number of hydrogen-bond acceptors (Lipinski definition) is 8. The van der Waals surface area contributed by atoms with Crippen molar-refractivity contribution in [1.29, 1.82) is 0 Å². The van der Waals surface area contributed by atoms with Crippen molar-refractivity contribution in [3.05, 3.63) is 70.1 Å². The lowest BCUT2D eigenvalue weighted by Crippen LogP contribution is -2.96. The van der Waals surface area contributed by atoms with Crippen molar-refractivity contribution < 1.29 is 19.9 Å². The molecule has 2 aromatic carbocycles. The number of carboxylic acid groups (broad SMARTS) is 1. The predicted octanol–water partition coefficient (Wildman–Crippen LogP) is 0.847. The van der Waals surface area contributed by atoms with Crippen molar-refractivity contribution >= 4 is 29.2 Å². The Bertz CT molecular complexity index is 956. The molecular formula is C16H12N5O5S-. The zero-order valence-electron chi connectivity index (χ0n) is 13.6. The molecule has 3 rings (SSSR count). The number of carboxylic acids is 1. The fourth-order valence-electron chi connectivity index (χ4n) is 2.18. The molecule has 0 aliphatic heterocycles. The summed E-state index contributed by atoms with van der Waals surface area (Å²) < 4.78 is 1.39. The Labute approximate surface area is 156 Å². The number of tetrazole rings is 1. The van der Waals surface area contributed by atoms with Crippen LogP contribution in [0.15, 0.2) is 53.7 Å². The number of Topliss-reactive ketones (excluding diaryl/α,β-unsaturated/α-hetero) is 1. The number of benzene rings is 2. The van der Waals surface area contributed by atoms with Gasteiger partial charge in [0.05, 0.1) is 17.0 Å². The van der Waals surface area contributed by atoms with Gasteiger partial charge in [0.25, 0.3) is 0 Å². The number of aromatic carboxylic acids is 1. The van der Waals surface area contributed by atoms with E-state index in [1.807, 2.05) is 0 Å². The number of carbonyl (C=O) groups is 2. The second-order valence-corrected chi connectivity index (χ2v) is 6.24. The normalized spacial score (nSPS) is 10.9. The third kappa shape index (κ3) is 4.35. The number of quaternary nitrogens is 1. The van der Waals surface area contributed by atoms with Crippen molar-refractivity contribution in [3.8, 4) is 5.69 Å². The van der Waals surface area contributed by atoms with Crippen molar-refractivity contribution in [2.24, 2.45) is 0 Å². The average molecular weight is 386 g/mol. The summed E-state index contributed by atoms with van der Waals surface area (Å²) in [5.41, 5.74) is 1.04. The second-order valence-electron chi connectivity index (χ2n) is 5.30. The van der Waals surface area contributed by atoms with Crippen molar-refractivity contribution in [3.63, 3.8) is 0 Å². The van der Waals surface area contributed by atoms with E-state index in [-0.39, 0.29) is 22.8 Å². The summed E-state index contributed by atoms with van der Waals surface area (Å²) in [5.74, 6) is -1.22. The number of ketones is 1. The van der Waals surface area contributed by atoms with Crippen molar-refractivity contribution in [2.75, 3.05) is 5.75 Å². The molecule has 0 bridgehead atoms. The summed E-state index contributed by atoms with van der Waals surface area (Å²) in [6, 6.07) is 11.4. The van der Waals surface area contributed by atoms with Gasteiger partial charge in [-0.3, -0.25) is 4.79 Å². The van der Waals surface area contributed by atoms with Crippen LogP contribution < -0.4 is 5.23 Å². The second kappa shape index (κ2) is 8.05. The fraction of sp³-hybridized carbons (Fsp3) is 0.0625. The van der Waals surface area contributed by atoms with Crippen LogP contribution in [0.3, 0.4) is 0 Å². The summed E-state index contributed by atoms with van der Waals surface area (Å²) >= 11 is 1.10. The first kappa shape index (κ1) is 18.7. The van der Waals surface area contributed by atoms with E-state index in [1.165, 1.54) is 41.1 Å². The Hall–Kier alpha value is -3.12. The third-order valence-electron chi connectivity index (χ3n) is 3.57. The monoisotopic (exact) mass is 386 g/mol. The average Bonchev–Trinajstić information content (AvgIpc) is 3.14. The molecule has 10 nitrogen and oxygen atoms in total. The van der Waals surface area contributed by atoms with Gasteiger partial charge in [-0.05, 0) is 46.8 Å². The summed E-state index contributed by atoms with van der Waals surface area (Å²) in [6.07, 6.45) is 0. The molecule has 0 saturated heterocycles. The van der Waals surface area contributed by atoms with E-state index in [1.54, 1.807) is 12.1 Å². The summed E-state index contributed by atoms with van der Waals surface area (Å²) in [6.45, 7) is 0. The highest BCUT2D eigenvalue weighted by Gasteiger charge is 2.13. The molecule has 0 radical (unpaired) electrons. The number of hydrogen-bond donors (Lipinski definition) is 2. The van der Waals surface area contributed by atoms with Crippen LogP contribution in [-0.4, -0.2) is 42.8 Å². The molecule has 1 heterocycles. The van der Waals surface area contributed by atoms with Gasteiger partial charge in [-0.15, -0.1) is 5.10 Å². The van der Waals surface area contributed by atoms with E-state index in [2.05, 4.69) is 15.5 Å². The molecule has 2 N–H and O–H groups in total. The minimum absolute atomic E-state index is 0.00652. The SMILES string of the molecule is O=C(O)c1ccc(-n2nnnc2SCC(=O)c2ccc([NH+]([O-])[O-])cc2)cc1. The molecular weight excluding hydrogens is 374 g/mol. The van der Waals surface area contributed by atoms with Crippen LogP contribution in [0.2, 0.25) is 0 Å². The maximum Gasteiger partial charge on any atom is 0.335 e. The molecule has 0 amide bonds. The van der Waals surface area contributed by atoms with Gasteiger partial charge in [0.1, 0.15) is 5.69 Å². The first-order valence-corrected chi connectivity index (χ1v) is 8.54. The quantitative estimate of drug-likeness (QED) is 0.342. The third-order valence-corrected chi connectivity index (χ3v) is 4.49. The largest absolute Gasteiger partial charge is 0.628 e. The van der Waals surface area contributed by atoms with E-state index in [9.17, 15) is 20.0 Å². The van der Waals surface area contributed by atoms with E-state index in [0.717, 1.165) is 11.8 Å². The predicted molar refractivity (Wildman–Crippen MR) is 95.0 cm³/mol. The van der Waals surface area contributed by atoms with Crippen LogP contribution in [0.4, 0.5) is 5.69 Å². The number of aromatic nitrogens is 4. The van der Waals surface area contributed by atoms with E-state index >= 15 is 0 Å². The summed E-state index contributed by atoms with van der Waals surface area (Å²) in [7, 11) is 0. The summed E-state index contributed by atoms with van der Waals surface area (Å²) in [4.78, 5) is 23.2. The van der Waals surface area contributed by atoms with Gasteiger partial charge < -0.3 is 20.7 Å². The van der Waals surface area contributed by atoms with E-state index in [4.69, 9.17) is 5.11 Å². The first-order chi connectivity index (χ1) is 13.0. The molecule has 0 aliphatic rings. The van der Waals surface area contributed by atoms with Gasteiger partial charge in [0.2, 0.25) is 5.16 Å². The molecule has 0 unspecified atom stereocenters. The molecule has 0 saturated carbocycles. The molecule has 3 aromatic rings. The molecule has 0 spiro atoms. The zero-order valence-corrected chi connectivity index (χ0v) is 14.4. The maximum atomic E-state index is 12.3. The van der Waals surface area contributed by atoms with Gasteiger partial charge in [-0.1, -0.05) is 11.8 Å². The Balaban J connectivity index is 1.69. The van der Waals surface area contributed by atoms with E-state index < -0.39 is 11.2 Å². The number of rotatable bonds is 7. The van der Waals surface area contributed by atoms with Gasteiger partial charge in [-0.2, -0.15) is 4.68 Å². The highest BCUT2D eigenvalue weighted by atomic mass is 32.2. The Kier molecular flexibility index (Phi) is 5.57. The number of thioether (sulfide) groups is 1. The van der Waals surface area contributed by atoms with Crippen LogP contribution >= 0.6 is 11.8 Å². The standard InChI is InChI=1S/C16H12N5O5S/c22-14(10-1-7-13(8-2-10)21(25)26)9-27-16-17-18-19-20(16)12-5-3-11(4-6-12)15(23)24/h1-8,21H,9H2,(H,23,24)/q-1. The molecule has 27 heavy (non-hydrogen) atoms. The van der Waals surface area contributed by atoms with Gasteiger partial charge >= 0.3 is 5.97 Å². The highest BCUT2D eigenvalue weighted by molar-refractivity contribution is 7.99.